The summed E-state index contributed by atoms with van der Waals surface area (Å²) < 4.78 is 11.0. The van der Waals surface area contributed by atoms with E-state index in [0.29, 0.717) is 19.0 Å². The smallest absolute Gasteiger partial charge is 0.414 e. The van der Waals surface area contributed by atoms with Gasteiger partial charge < -0.3 is 29.9 Å². The molecule has 0 aromatic heterocycles. The summed E-state index contributed by atoms with van der Waals surface area (Å²) in [6.45, 7) is 6.92. The van der Waals surface area contributed by atoms with Crippen molar-refractivity contribution in [2.45, 2.75) is 13.0 Å². The lowest BCUT2D eigenvalue weighted by atomic mass is 10.2. The monoisotopic (exact) mass is 395 g/mol. The number of piperazine rings is 1. The van der Waals surface area contributed by atoms with Crippen LogP contribution in [0.4, 0.5) is 5.69 Å². The highest BCUT2D eigenvalue weighted by atomic mass is 16.6. The number of ether oxygens (including phenoxy) is 2. The molecule has 1 amide bonds. The Hall–Kier alpha value is -2.85. The predicted molar refractivity (Wildman–Crippen MR) is 99.9 cm³/mol. The van der Waals surface area contributed by atoms with Crippen molar-refractivity contribution in [3.05, 3.63) is 18.2 Å². The lowest BCUT2D eigenvalue weighted by Crippen LogP contribution is -2.51. The van der Waals surface area contributed by atoms with Gasteiger partial charge in [0, 0.05) is 37.9 Å². The molecule has 3 rings (SSSR count). The first kappa shape index (κ1) is 21.5. The summed E-state index contributed by atoms with van der Waals surface area (Å²) >= 11 is 0. The fraction of sp³-hybridized carbons (Fsp3) is 0.500. The molecule has 2 aliphatic heterocycles. The molecule has 0 radical (unpaired) electrons. The third-order valence-electron chi connectivity index (χ3n) is 4.46. The highest BCUT2D eigenvalue weighted by Gasteiger charge is 2.24. The summed E-state index contributed by atoms with van der Waals surface area (Å²) in [5, 5.41) is 17.8. The van der Waals surface area contributed by atoms with Gasteiger partial charge in [0.1, 0.15) is 13.2 Å². The number of nitrogens with zero attached hydrogens (tertiary/aromatic N) is 2. The Morgan fingerprint density at radius 2 is 1.57 bits per heavy atom. The van der Waals surface area contributed by atoms with Crippen LogP contribution >= 0.6 is 0 Å². The molecule has 2 heterocycles. The second kappa shape index (κ2) is 9.90. The lowest BCUT2D eigenvalue weighted by Gasteiger charge is -2.35. The summed E-state index contributed by atoms with van der Waals surface area (Å²) in [6, 6.07) is 5.37. The van der Waals surface area contributed by atoms with Crippen LogP contribution in [0.1, 0.15) is 6.92 Å². The largest absolute Gasteiger partial charge is 0.486 e. The molecule has 0 aliphatic carbocycles. The van der Waals surface area contributed by atoms with E-state index in [1.165, 1.54) is 0 Å². The third kappa shape index (κ3) is 6.10. The van der Waals surface area contributed by atoms with Gasteiger partial charge in [0.2, 0.25) is 5.91 Å². The molecule has 3 N–H and O–H groups in total. The molecule has 1 fully saturated rings. The second-order valence-corrected chi connectivity index (χ2v) is 6.47. The Balaban J connectivity index is 0.000000409. The number of anilines is 1. The Morgan fingerprint density at radius 1 is 1.00 bits per heavy atom. The van der Waals surface area contributed by atoms with Crippen molar-refractivity contribution < 1.29 is 34.1 Å². The minimum Gasteiger partial charge on any atom is -0.486 e. The molecule has 10 nitrogen and oxygen atoms in total. The van der Waals surface area contributed by atoms with E-state index in [0.717, 1.165) is 37.6 Å². The predicted octanol–water partition coefficient (Wildman–Crippen LogP) is 0.188. The van der Waals surface area contributed by atoms with E-state index < -0.39 is 11.9 Å². The molecule has 1 atom stereocenters. The van der Waals surface area contributed by atoms with Gasteiger partial charge in [-0.1, -0.05) is 0 Å². The molecule has 1 aromatic carbocycles. The van der Waals surface area contributed by atoms with Crippen LogP contribution in [-0.2, 0) is 14.4 Å². The van der Waals surface area contributed by atoms with E-state index in [4.69, 9.17) is 29.3 Å². The number of aliphatic carboxylic acids is 2. The van der Waals surface area contributed by atoms with Crippen LogP contribution in [0.25, 0.3) is 0 Å². The number of likely N-dealkylation sites (N-methyl/N-ethyl adjacent to an activating group) is 1. The third-order valence-corrected chi connectivity index (χ3v) is 4.46. The van der Waals surface area contributed by atoms with Gasteiger partial charge in [-0.2, -0.15) is 0 Å². The van der Waals surface area contributed by atoms with Crippen LogP contribution in [0.15, 0.2) is 18.2 Å². The van der Waals surface area contributed by atoms with Gasteiger partial charge in [-0.05, 0) is 26.1 Å². The van der Waals surface area contributed by atoms with E-state index in [1.807, 2.05) is 25.1 Å². The van der Waals surface area contributed by atoms with Gasteiger partial charge in [-0.25, -0.2) is 9.59 Å². The summed E-state index contributed by atoms with van der Waals surface area (Å²) in [7, 11) is 2.11. The first-order valence-corrected chi connectivity index (χ1v) is 8.87. The number of fused-ring (bicyclic) bond motifs is 1. The number of carboxylic acids is 2. The molecule has 154 valence electrons. The van der Waals surface area contributed by atoms with Gasteiger partial charge in [-0.15, -0.1) is 0 Å². The van der Waals surface area contributed by atoms with Crippen LogP contribution in [0.3, 0.4) is 0 Å². The van der Waals surface area contributed by atoms with Gasteiger partial charge in [-0.3, -0.25) is 9.69 Å². The Morgan fingerprint density at radius 3 is 2.14 bits per heavy atom. The van der Waals surface area contributed by atoms with Gasteiger partial charge in [0.25, 0.3) is 0 Å². The van der Waals surface area contributed by atoms with Gasteiger partial charge in [0.05, 0.1) is 6.04 Å². The van der Waals surface area contributed by atoms with E-state index in [1.54, 1.807) is 0 Å². The first-order chi connectivity index (χ1) is 13.3. The number of hydrogen-bond donors (Lipinski definition) is 3. The fourth-order valence-corrected chi connectivity index (χ4v) is 2.74. The number of amides is 1. The Kier molecular flexibility index (Phi) is 7.59. The molecular formula is C18H25N3O7. The average Bonchev–Trinajstić information content (AvgIpc) is 2.68. The lowest BCUT2D eigenvalue weighted by molar-refractivity contribution is -0.159. The first-order valence-electron chi connectivity index (χ1n) is 8.87. The zero-order valence-electron chi connectivity index (χ0n) is 15.9. The number of hydrogen-bond acceptors (Lipinski definition) is 7. The maximum Gasteiger partial charge on any atom is 0.414 e. The van der Waals surface area contributed by atoms with Crippen molar-refractivity contribution in [1.82, 2.24) is 9.80 Å². The second-order valence-electron chi connectivity index (χ2n) is 6.47. The Bertz CT molecular complexity index is 705. The zero-order chi connectivity index (χ0) is 20.7. The number of carbonyl (C=O) groups excluding carboxylic acids is 1. The van der Waals surface area contributed by atoms with Gasteiger partial charge in [0.15, 0.2) is 11.5 Å². The highest BCUT2D eigenvalue weighted by molar-refractivity contribution is 6.27. The van der Waals surface area contributed by atoms with Crippen LogP contribution in [-0.4, -0.2) is 90.3 Å². The maximum atomic E-state index is 12.4. The standard InChI is InChI=1S/C16H23N3O3.C2H2O4/c1-12(19-7-5-18(2)6-8-19)16(20)17-13-3-4-14-15(11-13)22-10-9-21-14;3-1(4)2(5)6/h3-4,11-12H,5-10H2,1-2H3,(H,17,20);(H,3,4)(H,5,6). The van der Waals surface area contributed by atoms with Crippen molar-refractivity contribution in [1.29, 1.82) is 0 Å². The topological polar surface area (TPSA) is 129 Å². The summed E-state index contributed by atoms with van der Waals surface area (Å²) in [6.07, 6.45) is 0. The van der Waals surface area contributed by atoms with Crippen molar-refractivity contribution in [2.75, 3.05) is 51.8 Å². The number of rotatable bonds is 3. The molecule has 1 saturated heterocycles. The summed E-state index contributed by atoms with van der Waals surface area (Å²) in [4.78, 5) is 35.1. The van der Waals surface area contributed by atoms with Crippen molar-refractivity contribution >= 4 is 23.5 Å². The zero-order valence-corrected chi connectivity index (χ0v) is 15.9. The fourth-order valence-electron chi connectivity index (χ4n) is 2.74. The van der Waals surface area contributed by atoms with Crippen molar-refractivity contribution in [3.63, 3.8) is 0 Å². The number of carboxylic acid groups (broad SMARTS) is 2. The molecule has 0 saturated carbocycles. The van der Waals surface area contributed by atoms with Crippen LogP contribution < -0.4 is 14.8 Å². The summed E-state index contributed by atoms with van der Waals surface area (Å²) in [5.74, 6) is -2.21. The van der Waals surface area contributed by atoms with E-state index in [-0.39, 0.29) is 11.9 Å². The van der Waals surface area contributed by atoms with Crippen LogP contribution in [0.5, 0.6) is 11.5 Å². The molecule has 28 heavy (non-hydrogen) atoms. The highest BCUT2D eigenvalue weighted by Crippen LogP contribution is 2.32. The van der Waals surface area contributed by atoms with Crippen LogP contribution in [0.2, 0.25) is 0 Å². The van der Waals surface area contributed by atoms with Gasteiger partial charge >= 0.3 is 11.9 Å². The maximum absolute atomic E-state index is 12.4. The number of benzene rings is 1. The van der Waals surface area contributed by atoms with Crippen molar-refractivity contribution in [3.8, 4) is 11.5 Å². The summed E-state index contributed by atoms with van der Waals surface area (Å²) in [5.41, 5.74) is 0.746. The quantitative estimate of drug-likeness (QED) is 0.614. The average molecular weight is 395 g/mol. The van der Waals surface area contributed by atoms with E-state index in [9.17, 15) is 4.79 Å². The molecule has 1 aromatic rings. The molecule has 2 aliphatic rings. The SMILES string of the molecule is CC(C(=O)Nc1ccc2c(c1)OCCO2)N1CCN(C)CC1.O=C(O)C(=O)O. The normalized spacial score (nSPS) is 17.6. The minimum absolute atomic E-state index is 0.0150. The Labute approximate surface area is 162 Å². The number of nitrogens with one attached hydrogen (secondary N) is 1. The number of carbonyl (C=O) groups is 3. The van der Waals surface area contributed by atoms with E-state index in [2.05, 4.69) is 22.2 Å². The van der Waals surface area contributed by atoms with Crippen LogP contribution in [0, 0.1) is 0 Å². The van der Waals surface area contributed by atoms with E-state index >= 15 is 0 Å². The van der Waals surface area contributed by atoms with Crippen molar-refractivity contribution in [2.24, 2.45) is 0 Å². The molecule has 0 bridgehead atoms. The molecular weight excluding hydrogens is 370 g/mol. The minimum atomic E-state index is -1.82. The molecule has 0 spiro atoms. The molecule has 1 unspecified atom stereocenters. The molecule has 10 heteroatoms.